The molecule has 1 aliphatic heterocycles. The normalized spacial score (nSPS) is 22.9. The van der Waals surface area contributed by atoms with Crippen molar-refractivity contribution in [2.24, 2.45) is 5.92 Å². The molecule has 0 unspecified atom stereocenters. The standard InChI is InChI=1S/C14H23N3O3/c1-10-6-8-17(12(18)5-7-15)9-11(10)16-13(19)20-14(2,3)4/h10-11H,5-6,8-9H2,1-4H3,(H,16,19)/t10-,11+/m1/s1. The summed E-state index contributed by atoms with van der Waals surface area (Å²) in [4.78, 5) is 25.1. The zero-order valence-corrected chi connectivity index (χ0v) is 12.6. The van der Waals surface area contributed by atoms with E-state index >= 15 is 0 Å². The number of alkyl carbamates (subject to hydrolysis) is 1. The molecule has 2 amide bonds. The lowest BCUT2D eigenvalue weighted by molar-refractivity contribution is -0.132. The molecule has 6 nitrogen and oxygen atoms in total. The topological polar surface area (TPSA) is 82.4 Å². The number of nitrogens with zero attached hydrogens (tertiary/aromatic N) is 2. The van der Waals surface area contributed by atoms with Crippen molar-refractivity contribution in [1.29, 1.82) is 5.26 Å². The first-order valence-corrected chi connectivity index (χ1v) is 6.87. The van der Waals surface area contributed by atoms with Gasteiger partial charge in [0.15, 0.2) is 0 Å². The average molecular weight is 281 g/mol. The number of amides is 2. The van der Waals surface area contributed by atoms with Gasteiger partial charge in [-0.15, -0.1) is 0 Å². The second-order valence-corrected chi connectivity index (χ2v) is 6.19. The Balaban J connectivity index is 2.57. The molecule has 1 aliphatic rings. The molecule has 0 radical (unpaired) electrons. The van der Waals surface area contributed by atoms with Gasteiger partial charge in [-0.25, -0.2) is 4.79 Å². The van der Waals surface area contributed by atoms with Crippen LogP contribution in [0.3, 0.4) is 0 Å². The molecule has 0 aromatic rings. The molecule has 1 rings (SSSR count). The number of rotatable bonds is 2. The predicted octanol–water partition coefficient (Wildman–Crippen LogP) is 1.66. The molecule has 0 bridgehead atoms. The summed E-state index contributed by atoms with van der Waals surface area (Å²) >= 11 is 0. The van der Waals surface area contributed by atoms with Gasteiger partial charge in [-0.1, -0.05) is 6.92 Å². The maximum absolute atomic E-state index is 11.8. The molecule has 1 fully saturated rings. The molecule has 6 heteroatoms. The molecule has 2 atom stereocenters. The van der Waals surface area contributed by atoms with Crippen LogP contribution in [0.4, 0.5) is 4.79 Å². The van der Waals surface area contributed by atoms with Crippen LogP contribution in [0.5, 0.6) is 0 Å². The van der Waals surface area contributed by atoms with E-state index in [1.54, 1.807) is 25.7 Å². The highest BCUT2D eigenvalue weighted by Gasteiger charge is 2.30. The van der Waals surface area contributed by atoms with Crippen molar-refractivity contribution in [3.05, 3.63) is 0 Å². The Morgan fingerprint density at radius 1 is 1.45 bits per heavy atom. The van der Waals surface area contributed by atoms with E-state index in [0.29, 0.717) is 13.1 Å². The molecule has 0 spiro atoms. The minimum absolute atomic E-state index is 0.118. The molecule has 20 heavy (non-hydrogen) atoms. The minimum Gasteiger partial charge on any atom is -0.444 e. The van der Waals surface area contributed by atoms with E-state index in [1.165, 1.54) is 0 Å². The number of carbonyl (C=O) groups excluding carboxylic acids is 2. The highest BCUT2D eigenvalue weighted by atomic mass is 16.6. The van der Waals surface area contributed by atoms with Crippen molar-refractivity contribution < 1.29 is 14.3 Å². The largest absolute Gasteiger partial charge is 0.444 e. The molecule has 0 saturated carbocycles. The van der Waals surface area contributed by atoms with E-state index in [-0.39, 0.29) is 24.3 Å². The van der Waals surface area contributed by atoms with Gasteiger partial charge in [0.2, 0.25) is 5.91 Å². The third kappa shape index (κ3) is 5.08. The van der Waals surface area contributed by atoms with Gasteiger partial charge in [-0.05, 0) is 33.1 Å². The second-order valence-electron chi connectivity index (χ2n) is 6.19. The van der Waals surface area contributed by atoms with Crippen molar-refractivity contribution in [2.45, 2.75) is 52.2 Å². The Morgan fingerprint density at radius 3 is 2.65 bits per heavy atom. The van der Waals surface area contributed by atoms with Gasteiger partial charge in [0.1, 0.15) is 12.0 Å². The summed E-state index contributed by atoms with van der Waals surface area (Å²) in [5.41, 5.74) is -0.543. The Bertz CT molecular complexity index is 409. The van der Waals surface area contributed by atoms with Gasteiger partial charge in [-0.2, -0.15) is 5.26 Å². The number of hydrogen-bond acceptors (Lipinski definition) is 4. The lowest BCUT2D eigenvalue weighted by atomic mass is 9.93. The van der Waals surface area contributed by atoms with Gasteiger partial charge in [0, 0.05) is 13.1 Å². The van der Waals surface area contributed by atoms with E-state index in [0.717, 1.165) is 6.42 Å². The van der Waals surface area contributed by atoms with Gasteiger partial charge in [0.05, 0.1) is 12.1 Å². The van der Waals surface area contributed by atoms with Crippen molar-refractivity contribution in [1.82, 2.24) is 10.2 Å². The van der Waals surface area contributed by atoms with E-state index in [1.807, 2.05) is 13.0 Å². The van der Waals surface area contributed by atoms with Crippen molar-refractivity contribution in [3.8, 4) is 6.07 Å². The fourth-order valence-electron chi connectivity index (χ4n) is 2.12. The quantitative estimate of drug-likeness (QED) is 0.834. The van der Waals surface area contributed by atoms with Crippen LogP contribution in [0.2, 0.25) is 0 Å². The van der Waals surface area contributed by atoms with Crippen LogP contribution in [0.1, 0.15) is 40.5 Å². The molecular weight excluding hydrogens is 258 g/mol. The monoisotopic (exact) mass is 281 g/mol. The molecule has 0 aromatic heterocycles. The van der Waals surface area contributed by atoms with Crippen LogP contribution in [0.25, 0.3) is 0 Å². The summed E-state index contributed by atoms with van der Waals surface area (Å²) in [5, 5.41) is 11.4. The molecule has 1 heterocycles. The summed E-state index contributed by atoms with van der Waals surface area (Å²) in [5.74, 6) is 0.0871. The Hall–Kier alpha value is -1.77. The highest BCUT2D eigenvalue weighted by Crippen LogP contribution is 2.18. The summed E-state index contributed by atoms with van der Waals surface area (Å²) in [6, 6.07) is 1.72. The number of piperidine rings is 1. The van der Waals surface area contributed by atoms with Crippen LogP contribution in [-0.4, -0.2) is 41.6 Å². The number of carbonyl (C=O) groups is 2. The molecule has 1 saturated heterocycles. The SMILES string of the molecule is C[C@@H]1CCN(C(=O)CC#N)C[C@@H]1NC(=O)OC(C)(C)C. The number of ether oxygens (including phenoxy) is 1. The Labute approximate surface area is 120 Å². The average Bonchev–Trinajstić information content (AvgIpc) is 2.29. The van der Waals surface area contributed by atoms with Gasteiger partial charge in [-0.3, -0.25) is 4.79 Å². The van der Waals surface area contributed by atoms with Gasteiger partial charge < -0.3 is 15.0 Å². The molecular formula is C14H23N3O3. The molecule has 112 valence electrons. The second kappa shape index (κ2) is 6.60. The predicted molar refractivity (Wildman–Crippen MR) is 73.7 cm³/mol. The molecule has 0 aliphatic carbocycles. The Kier molecular flexibility index (Phi) is 5.37. The molecule has 0 aromatic carbocycles. The first-order chi connectivity index (χ1) is 9.23. The van der Waals surface area contributed by atoms with Crippen LogP contribution in [0, 0.1) is 17.2 Å². The van der Waals surface area contributed by atoms with Crippen LogP contribution >= 0.6 is 0 Å². The van der Waals surface area contributed by atoms with E-state index < -0.39 is 11.7 Å². The van der Waals surface area contributed by atoms with Gasteiger partial charge in [0.25, 0.3) is 0 Å². The zero-order chi connectivity index (χ0) is 15.3. The van der Waals surface area contributed by atoms with E-state index in [2.05, 4.69) is 5.32 Å². The zero-order valence-electron chi connectivity index (χ0n) is 12.6. The fourth-order valence-corrected chi connectivity index (χ4v) is 2.12. The highest BCUT2D eigenvalue weighted by molar-refractivity contribution is 5.78. The third-order valence-electron chi connectivity index (χ3n) is 3.24. The first kappa shape index (κ1) is 16.3. The van der Waals surface area contributed by atoms with Crippen LogP contribution in [-0.2, 0) is 9.53 Å². The van der Waals surface area contributed by atoms with Crippen LogP contribution < -0.4 is 5.32 Å². The maximum atomic E-state index is 11.8. The van der Waals surface area contributed by atoms with E-state index in [4.69, 9.17) is 10.00 Å². The lowest BCUT2D eigenvalue weighted by Gasteiger charge is -2.37. The smallest absolute Gasteiger partial charge is 0.407 e. The first-order valence-electron chi connectivity index (χ1n) is 6.87. The summed E-state index contributed by atoms with van der Waals surface area (Å²) in [6.07, 6.45) is 0.217. The number of nitriles is 1. The van der Waals surface area contributed by atoms with Crippen molar-refractivity contribution >= 4 is 12.0 Å². The van der Waals surface area contributed by atoms with Crippen molar-refractivity contribution in [2.75, 3.05) is 13.1 Å². The summed E-state index contributed by atoms with van der Waals surface area (Å²) in [6.45, 7) is 8.52. The Morgan fingerprint density at radius 2 is 2.10 bits per heavy atom. The van der Waals surface area contributed by atoms with Crippen molar-refractivity contribution in [3.63, 3.8) is 0 Å². The van der Waals surface area contributed by atoms with E-state index in [9.17, 15) is 9.59 Å². The van der Waals surface area contributed by atoms with Crippen LogP contribution in [0.15, 0.2) is 0 Å². The number of likely N-dealkylation sites (tertiary alicyclic amines) is 1. The lowest BCUT2D eigenvalue weighted by Crippen LogP contribution is -2.54. The molecule has 1 N–H and O–H groups in total. The number of hydrogen-bond donors (Lipinski definition) is 1. The minimum atomic E-state index is -0.543. The number of nitrogens with one attached hydrogen (secondary N) is 1. The summed E-state index contributed by atoms with van der Waals surface area (Å²) < 4.78 is 5.23. The van der Waals surface area contributed by atoms with Gasteiger partial charge >= 0.3 is 6.09 Å². The maximum Gasteiger partial charge on any atom is 0.407 e. The summed E-state index contributed by atoms with van der Waals surface area (Å²) in [7, 11) is 0. The fraction of sp³-hybridized carbons (Fsp3) is 0.786. The third-order valence-corrected chi connectivity index (χ3v) is 3.24.